The predicted octanol–water partition coefficient (Wildman–Crippen LogP) is 2.19. The van der Waals surface area contributed by atoms with Gasteiger partial charge in [-0.3, -0.25) is 0 Å². The molecule has 5 aromatic carbocycles. The molecule has 0 saturated carbocycles. The van der Waals surface area contributed by atoms with Crippen LogP contribution in [0.3, 0.4) is 0 Å². The van der Waals surface area contributed by atoms with E-state index in [0.29, 0.717) is 17.8 Å². The minimum atomic E-state index is -4.52. The zero-order chi connectivity index (χ0) is 35.3. The molecule has 0 saturated heterocycles. The molecule has 252 valence electrons. The molecule has 0 heterocycles. The standard InChI is InChI=1S/C39H33N3O6S2.2Na/c1-27-2-10-31(11-3-27)40-33-14-6-29(7-15-33)39(30-8-16-34(17-9-30)42-36-20-24-38(25-21-36)50(46,47)48)26-28-4-12-32(13-5-28)41-35-18-22-37(23-19-35)49(43,44)45;;/h2-25,41-42H,26H2,1H3,(H,43,44,45)(H,46,47,48);;/q;2*+1/p-2. The second-order valence-corrected chi connectivity index (χ2v) is 14.4. The van der Waals surface area contributed by atoms with E-state index in [1.54, 1.807) is 24.3 Å². The van der Waals surface area contributed by atoms with E-state index >= 15 is 0 Å². The molecule has 13 heteroatoms. The normalized spacial score (nSPS) is 12.4. The first kappa shape index (κ1) is 41.2. The maximum atomic E-state index is 11.3. The van der Waals surface area contributed by atoms with Crippen molar-refractivity contribution >= 4 is 60.0 Å². The molecule has 52 heavy (non-hydrogen) atoms. The molecule has 0 radical (unpaired) electrons. The summed E-state index contributed by atoms with van der Waals surface area (Å²) >= 11 is 0. The number of anilines is 4. The monoisotopic (exact) mass is 747 g/mol. The van der Waals surface area contributed by atoms with Crippen LogP contribution < -0.4 is 69.7 Å². The number of nitrogens with zero attached hydrogens (tertiary/aromatic N) is 1. The summed E-state index contributed by atoms with van der Waals surface area (Å²) in [5.41, 5.74) is 9.92. The quantitative estimate of drug-likeness (QED) is 0.163. The van der Waals surface area contributed by atoms with Crippen molar-refractivity contribution in [2.45, 2.75) is 23.1 Å². The third-order valence-corrected chi connectivity index (χ3v) is 9.64. The fourth-order valence-electron chi connectivity index (χ4n) is 5.28. The van der Waals surface area contributed by atoms with Gasteiger partial charge in [0.1, 0.15) is 20.2 Å². The van der Waals surface area contributed by atoms with Crippen LogP contribution in [-0.2, 0) is 26.7 Å². The number of hydrogen-bond donors (Lipinski definition) is 2. The fourth-order valence-corrected chi connectivity index (χ4v) is 6.22. The first-order valence-corrected chi connectivity index (χ1v) is 18.3. The number of nitrogens with one attached hydrogen (secondary N) is 2. The fraction of sp³-hybridized carbons (Fsp3) is 0.0513. The molecule has 2 N–H and O–H groups in total. The summed E-state index contributed by atoms with van der Waals surface area (Å²) in [5.74, 6) is 0. The number of hydrogen-bond acceptors (Lipinski definition) is 9. The summed E-state index contributed by atoms with van der Waals surface area (Å²) < 4.78 is 67.6. The Morgan fingerprint density at radius 2 is 0.962 bits per heavy atom. The van der Waals surface area contributed by atoms with Gasteiger partial charge in [0.15, 0.2) is 0 Å². The van der Waals surface area contributed by atoms with Gasteiger partial charge in [0.05, 0.1) is 21.2 Å². The molecule has 0 aliphatic heterocycles. The van der Waals surface area contributed by atoms with Gasteiger partial charge in [0.25, 0.3) is 0 Å². The average Bonchev–Trinajstić information content (AvgIpc) is 3.10. The summed E-state index contributed by atoms with van der Waals surface area (Å²) in [7, 11) is -9.03. The minimum Gasteiger partial charge on any atom is -0.744 e. The van der Waals surface area contributed by atoms with Gasteiger partial charge in [-0.15, -0.1) is 0 Å². The van der Waals surface area contributed by atoms with Gasteiger partial charge in [-0.1, -0.05) is 54.1 Å². The Morgan fingerprint density at radius 1 is 0.558 bits per heavy atom. The van der Waals surface area contributed by atoms with E-state index in [0.717, 1.165) is 45.0 Å². The second kappa shape index (κ2) is 18.0. The van der Waals surface area contributed by atoms with Gasteiger partial charge in [-0.05, 0) is 133 Å². The smallest absolute Gasteiger partial charge is 0.744 e. The summed E-state index contributed by atoms with van der Waals surface area (Å²) in [6.07, 6.45) is 8.72. The van der Waals surface area contributed by atoms with E-state index in [9.17, 15) is 25.9 Å². The first-order chi connectivity index (χ1) is 23.9. The van der Waals surface area contributed by atoms with E-state index in [1.165, 1.54) is 29.8 Å². The van der Waals surface area contributed by atoms with Crippen molar-refractivity contribution < 1.29 is 85.1 Å². The summed E-state index contributed by atoms with van der Waals surface area (Å²) in [6.45, 7) is 2.04. The van der Waals surface area contributed by atoms with Gasteiger partial charge < -0.3 is 19.7 Å². The largest absolute Gasteiger partial charge is 1.00 e. The molecule has 0 atom stereocenters. The summed E-state index contributed by atoms with van der Waals surface area (Å²) in [6, 6.07) is 35.1. The molecule has 0 fully saturated rings. The van der Waals surface area contributed by atoms with Crippen LogP contribution in [0.1, 0.15) is 16.7 Å². The van der Waals surface area contributed by atoms with Crippen molar-refractivity contribution in [3.05, 3.63) is 168 Å². The molecule has 1 aliphatic rings. The zero-order valence-corrected chi connectivity index (χ0v) is 34.4. The third kappa shape index (κ3) is 11.2. The zero-order valence-electron chi connectivity index (χ0n) is 28.8. The van der Waals surface area contributed by atoms with Crippen LogP contribution in [-0.4, -0.2) is 31.7 Å². The Balaban J connectivity index is 0.00000302. The van der Waals surface area contributed by atoms with Gasteiger partial charge in [-0.25, -0.2) is 21.8 Å². The maximum absolute atomic E-state index is 11.3. The molecule has 0 aromatic heterocycles. The van der Waals surface area contributed by atoms with E-state index < -0.39 is 20.2 Å². The van der Waals surface area contributed by atoms with Crippen LogP contribution >= 0.6 is 0 Å². The van der Waals surface area contributed by atoms with Gasteiger partial charge in [0.2, 0.25) is 0 Å². The predicted molar refractivity (Wildman–Crippen MR) is 195 cm³/mol. The van der Waals surface area contributed by atoms with Crippen LogP contribution in [0.15, 0.2) is 166 Å². The molecule has 0 bridgehead atoms. The van der Waals surface area contributed by atoms with Gasteiger partial charge in [-0.2, -0.15) is 0 Å². The molecule has 9 nitrogen and oxygen atoms in total. The van der Waals surface area contributed by atoms with Crippen LogP contribution in [0.25, 0.3) is 5.57 Å². The molecule has 0 spiro atoms. The molecule has 5 aromatic rings. The first-order valence-electron chi connectivity index (χ1n) is 15.5. The Bertz CT molecular complexity index is 2340. The number of aliphatic imine (C=N–C) groups is 1. The van der Waals surface area contributed by atoms with E-state index in [2.05, 4.69) is 22.8 Å². The Kier molecular flexibility index (Phi) is 14.2. The van der Waals surface area contributed by atoms with E-state index in [4.69, 9.17) is 4.99 Å². The van der Waals surface area contributed by atoms with Crippen molar-refractivity contribution in [1.29, 1.82) is 0 Å². The molecule has 0 unspecified atom stereocenters. The van der Waals surface area contributed by atoms with Gasteiger partial charge >= 0.3 is 59.1 Å². The molecular weight excluding hydrogens is 717 g/mol. The van der Waals surface area contributed by atoms with Crippen LogP contribution in [0.4, 0.5) is 28.4 Å². The number of aryl methyl sites for hydroxylation is 1. The van der Waals surface area contributed by atoms with Crippen molar-refractivity contribution in [2.24, 2.45) is 4.99 Å². The minimum absolute atomic E-state index is 0. The third-order valence-electron chi connectivity index (χ3n) is 7.94. The maximum Gasteiger partial charge on any atom is 1.00 e. The van der Waals surface area contributed by atoms with Crippen LogP contribution in [0, 0.1) is 6.92 Å². The van der Waals surface area contributed by atoms with Crippen LogP contribution in [0.5, 0.6) is 0 Å². The molecule has 0 amide bonds. The second-order valence-electron chi connectivity index (χ2n) is 11.6. The SMILES string of the molecule is Cc1ccc(N=C2C=CC(=C(Cc3ccc(Nc4ccc(S(=O)(=O)[O-])cc4)cc3)c3ccc(Nc4ccc(S(=O)(=O)[O-])cc4)cc3)C=C2)cc1.[Na+].[Na+]. The van der Waals surface area contributed by atoms with Gasteiger partial charge in [0, 0.05) is 22.7 Å². The molecular formula is C39H31N3Na2O6S2. The number of allylic oxidation sites excluding steroid dienone is 6. The Labute approximate surface area is 348 Å². The van der Waals surface area contributed by atoms with Crippen molar-refractivity contribution in [3.8, 4) is 0 Å². The van der Waals surface area contributed by atoms with Crippen molar-refractivity contribution in [3.63, 3.8) is 0 Å². The van der Waals surface area contributed by atoms with E-state index in [1.807, 2.05) is 91.9 Å². The molecule has 1 aliphatic carbocycles. The Hall–Kier alpha value is -3.59. The average molecular weight is 748 g/mol. The summed E-state index contributed by atoms with van der Waals surface area (Å²) in [4.78, 5) is 4.18. The number of rotatable bonds is 10. The summed E-state index contributed by atoms with van der Waals surface area (Å²) in [5, 5.41) is 6.46. The van der Waals surface area contributed by atoms with E-state index in [-0.39, 0.29) is 68.9 Å². The van der Waals surface area contributed by atoms with Crippen molar-refractivity contribution in [1.82, 2.24) is 0 Å². The Morgan fingerprint density at radius 3 is 1.38 bits per heavy atom. The topological polar surface area (TPSA) is 151 Å². The van der Waals surface area contributed by atoms with Crippen LogP contribution in [0.2, 0.25) is 0 Å². The molecule has 6 rings (SSSR count). The number of benzene rings is 5. The van der Waals surface area contributed by atoms with Crippen molar-refractivity contribution in [2.75, 3.05) is 10.6 Å².